The molecule has 0 radical (unpaired) electrons. The molecule has 0 aromatic carbocycles. The van der Waals surface area contributed by atoms with Crippen LogP contribution in [0.25, 0.3) is 0 Å². The van der Waals surface area contributed by atoms with Gasteiger partial charge in [0.15, 0.2) is 0 Å². The van der Waals surface area contributed by atoms with Crippen LogP contribution in [0.5, 0.6) is 0 Å². The number of halogens is 3. The highest BCUT2D eigenvalue weighted by molar-refractivity contribution is 7.64. The summed E-state index contributed by atoms with van der Waals surface area (Å²) in [6.07, 6.45) is 2.58. The van der Waals surface area contributed by atoms with Crippen LogP contribution in [0.2, 0.25) is 6.04 Å². The van der Waals surface area contributed by atoms with Crippen LogP contribution in [0.3, 0.4) is 0 Å². The minimum atomic E-state index is -2.46. The third-order valence-electron chi connectivity index (χ3n) is 1.69. The Morgan fingerprint density at radius 3 is 2.33 bits per heavy atom. The molecule has 0 saturated heterocycles. The van der Waals surface area contributed by atoms with E-state index >= 15 is 0 Å². The zero-order valence-corrected chi connectivity index (χ0v) is 12.0. The Kier molecular flexibility index (Phi) is 7.70. The minimum Gasteiger partial charge on any atom is -0.462 e. The molecular formula is C9H15Cl3O2Si. The van der Waals surface area contributed by atoms with E-state index in [1.165, 1.54) is 0 Å². The summed E-state index contributed by atoms with van der Waals surface area (Å²) in [6, 6.07) is -1.80. The van der Waals surface area contributed by atoms with Gasteiger partial charge in [0, 0.05) is 5.57 Å². The van der Waals surface area contributed by atoms with E-state index in [4.69, 9.17) is 38.0 Å². The summed E-state index contributed by atoms with van der Waals surface area (Å²) in [5, 5.41) is 0. The van der Waals surface area contributed by atoms with Gasteiger partial charge >= 0.3 is 12.0 Å². The molecule has 0 bridgehead atoms. The Morgan fingerprint density at radius 1 is 1.27 bits per heavy atom. The van der Waals surface area contributed by atoms with Crippen LogP contribution in [0, 0.1) is 0 Å². The van der Waals surface area contributed by atoms with E-state index in [9.17, 15) is 4.79 Å². The Hall–Kier alpha value is 0.297. The average molecular weight is 290 g/mol. The summed E-state index contributed by atoms with van der Waals surface area (Å²) in [5.41, 5.74) is 0.420. The quantitative estimate of drug-likeness (QED) is 0.233. The molecule has 0 unspecified atom stereocenters. The summed E-state index contributed by atoms with van der Waals surface area (Å²) >= 11 is 17.1. The molecule has 0 aliphatic rings. The molecule has 0 rings (SSSR count). The zero-order valence-electron chi connectivity index (χ0n) is 8.69. The molecule has 88 valence electrons. The van der Waals surface area contributed by atoms with Gasteiger partial charge in [0.05, 0.1) is 6.61 Å². The third kappa shape index (κ3) is 10.6. The van der Waals surface area contributed by atoms with Crippen LogP contribution in [0.4, 0.5) is 0 Å². The Balaban J connectivity index is 3.33. The highest BCUT2D eigenvalue weighted by Crippen LogP contribution is 2.27. The summed E-state index contributed by atoms with van der Waals surface area (Å²) in [7, 11) is 0. The number of hydrogen-bond donors (Lipinski definition) is 0. The largest absolute Gasteiger partial charge is 0.462 e. The first-order valence-electron chi connectivity index (χ1n) is 4.72. The van der Waals surface area contributed by atoms with E-state index in [1.807, 2.05) is 0 Å². The molecule has 0 N–H and O–H groups in total. The van der Waals surface area contributed by atoms with Crippen molar-refractivity contribution in [2.24, 2.45) is 0 Å². The highest BCUT2D eigenvalue weighted by Gasteiger charge is 2.23. The van der Waals surface area contributed by atoms with Crippen LogP contribution < -0.4 is 0 Å². The first-order valence-corrected chi connectivity index (χ1v) is 9.96. The summed E-state index contributed by atoms with van der Waals surface area (Å²) < 4.78 is 4.91. The standard InChI is InChI=1S/C9H15Cl3O2Si/c1-8(2)9(13)14-6-4-3-5-7-15(10,11)12/h1,3-7H2,2H3. The smallest absolute Gasteiger partial charge is 0.341 e. The Labute approximate surface area is 106 Å². The van der Waals surface area contributed by atoms with Gasteiger partial charge in [0.1, 0.15) is 0 Å². The first kappa shape index (κ1) is 15.3. The van der Waals surface area contributed by atoms with Crippen molar-refractivity contribution in [2.45, 2.75) is 32.2 Å². The fourth-order valence-corrected chi connectivity index (χ4v) is 2.75. The van der Waals surface area contributed by atoms with E-state index in [-0.39, 0.29) is 5.97 Å². The Bertz CT molecular complexity index is 226. The summed E-state index contributed by atoms with van der Waals surface area (Å²) in [4.78, 5) is 11.0. The molecule has 0 amide bonds. The molecular weight excluding hydrogens is 275 g/mol. The molecule has 0 aliphatic carbocycles. The molecule has 2 nitrogen and oxygen atoms in total. The van der Waals surface area contributed by atoms with Crippen LogP contribution in [0.15, 0.2) is 12.2 Å². The van der Waals surface area contributed by atoms with Gasteiger partial charge in [-0.25, -0.2) is 4.79 Å². The van der Waals surface area contributed by atoms with Gasteiger partial charge in [-0.2, -0.15) is 0 Å². The number of ether oxygens (including phenoxy) is 1. The lowest BCUT2D eigenvalue weighted by Crippen LogP contribution is -2.09. The number of rotatable bonds is 7. The predicted molar refractivity (Wildman–Crippen MR) is 67.7 cm³/mol. The number of carbonyl (C=O) groups excluding carboxylic acids is 1. The second-order valence-electron chi connectivity index (χ2n) is 3.34. The molecule has 0 spiro atoms. The molecule has 0 aliphatic heterocycles. The van der Waals surface area contributed by atoms with Gasteiger partial charge < -0.3 is 4.74 Å². The van der Waals surface area contributed by atoms with E-state index in [0.29, 0.717) is 18.2 Å². The highest BCUT2D eigenvalue weighted by atomic mass is 35.8. The molecule has 6 heteroatoms. The van der Waals surface area contributed by atoms with Crippen LogP contribution in [-0.2, 0) is 9.53 Å². The van der Waals surface area contributed by atoms with Gasteiger partial charge in [0.2, 0.25) is 0 Å². The maximum absolute atomic E-state index is 11.0. The van der Waals surface area contributed by atoms with Crippen molar-refractivity contribution in [3.8, 4) is 0 Å². The van der Waals surface area contributed by atoms with Crippen LogP contribution in [0.1, 0.15) is 26.2 Å². The normalized spacial score (nSPS) is 11.2. The van der Waals surface area contributed by atoms with Gasteiger partial charge in [-0.1, -0.05) is 19.4 Å². The first-order chi connectivity index (χ1) is 6.83. The molecule has 0 saturated carbocycles. The maximum atomic E-state index is 11.0. The lowest BCUT2D eigenvalue weighted by atomic mass is 10.3. The molecule has 0 atom stereocenters. The molecule has 15 heavy (non-hydrogen) atoms. The van der Waals surface area contributed by atoms with Gasteiger partial charge in [-0.05, 0) is 19.4 Å². The lowest BCUT2D eigenvalue weighted by Gasteiger charge is -2.07. The number of esters is 1. The van der Waals surface area contributed by atoms with Crippen LogP contribution >= 0.6 is 33.2 Å². The monoisotopic (exact) mass is 288 g/mol. The SMILES string of the molecule is C=C(C)C(=O)OCCCCC[Si](Cl)(Cl)Cl. The molecule has 0 fully saturated rings. The second kappa shape index (κ2) is 7.55. The molecule has 0 heterocycles. The zero-order chi connectivity index (χ0) is 11.9. The summed E-state index contributed by atoms with van der Waals surface area (Å²) in [5.74, 6) is -0.342. The van der Waals surface area contributed by atoms with Crippen molar-refractivity contribution < 1.29 is 9.53 Å². The minimum absolute atomic E-state index is 0.342. The fourth-order valence-electron chi connectivity index (χ4n) is 0.892. The van der Waals surface area contributed by atoms with E-state index in [1.54, 1.807) is 6.92 Å². The third-order valence-corrected chi connectivity index (χ3v) is 4.31. The Morgan fingerprint density at radius 2 is 1.87 bits per heavy atom. The number of unbranched alkanes of at least 4 members (excludes halogenated alkanes) is 2. The fraction of sp³-hybridized carbons (Fsp3) is 0.667. The van der Waals surface area contributed by atoms with Crippen molar-refractivity contribution in [1.29, 1.82) is 0 Å². The molecule has 0 aromatic heterocycles. The van der Waals surface area contributed by atoms with E-state index in [2.05, 4.69) is 6.58 Å². The van der Waals surface area contributed by atoms with Crippen molar-refractivity contribution >= 4 is 45.2 Å². The van der Waals surface area contributed by atoms with Crippen molar-refractivity contribution in [1.82, 2.24) is 0 Å². The van der Waals surface area contributed by atoms with Crippen molar-refractivity contribution in [3.05, 3.63) is 12.2 Å². The van der Waals surface area contributed by atoms with Crippen LogP contribution in [-0.4, -0.2) is 18.6 Å². The van der Waals surface area contributed by atoms with Gasteiger partial charge in [-0.3, -0.25) is 0 Å². The van der Waals surface area contributed by atoms with Crippen molar-refractivity contribution in [2.75, 3.05) is 6.61 Å². The van der Waals surface area contributed by atoms with E-state index in [0.717, 1.165) is 19.3 Å². The lowest BCUT2D eigenvalue weighted by molar-refractivity contribution is -0.139. The average Bonchev–Trinajstić information content (AvgIpc) is 2.08. The predicted octanol–water partition coefficient (Wildman–Crippen LogP) is 3.93. The molecule has 0 aromatic rings. The topological polar surface area (TPSA) is 26.3 Å². The van der Waals surface area contributed by atoms with Crippen molar-refractivity contribution in [3.63, 3.8) is 0 Å². The summed E-state index contributed by atoms with van der Waals surface area (Å²) in [6.45, 7) is 5.51. The van der Waals surface area contributed by atoms with Gasteiger partial charge in [0.25, 0.3) is 0 Å². The second-order valence-corrected chi connectivity index (χ2v) is 12.6. The van der Waals surface area contributed by atoms with E-state index < -0.39 is 6.00 Å². The number of carbonyl (C=O) groups is 1. The number of hydrogen-bond acceptors (Lipinski definition) is 2. The maximum Gasteiger partial charge on any atom is 0.341 e. The van der Waals surface area contributed by atoms with Gasteiger partial charge in [-0.15, -0.1) is 33.2 Å².